The maximum absolute atomic E-state index is 9.05. The summed E-state index contributed by atoms with van der Waals surface area (Å²) in [4.78, 5) is 0. The second-order valence-corrected chi connectivity index (χ2v) is 2.39. The molecular weight excluding hydrogens is 158 g/mol. The number of hydrogen-bond donors (Lipinski definition) is 3. The van der Waals surface area contributed by atoms with Crippen molar-refractivity contribution in [1.82, 2.24) is 0 Å². The summed E-state index contributed by atoms with van der Waals surface area (Å²) in [6.45, 7) is 0. The third-order valence-electron chi connectivity index (χ3n) is 1.32. The van der Waals surface area contributed by atoms with E-state index in [1.165, 1.54) is 5.41 Å². The number of aromatic hydroxyl groups is 1. The van der Waals surface area contributed by atoms with Gasteiger partial charge in [0.15, 0.2) is 0 Å². The molecular formula is C8H9NOS. The van der Waals surface area contributed by atoms with E-state index in [0.29, 0.717) is 5.70 Å². The van der Waals surface area contributed by atoms with Crippen LogP contribution in [0, 0.1) is 0 Å². The minimum absolute atomic E-state index is 0.209. The van der Waals surface area contributed by atoms with Crippen LogP contribution < -0.4 is 5.73 Å². The largest absolute Gasteiger partial charge is 0.508 e. The number of hydrogen-bond acceptors (Lipinski definition) is 3. The van der Waals surface area contributed by atoms with Gasteiger partial charge in [-0.15, -0.1) is 12.6 Å². The molecule has 0 bridgehead atoms. The molecule has 0 aliphatic heterocycles. The van der Waals surface area contributed by atoms with Gasteiger partial charge in [0.05, 0.1) is 0 Å². The predicted octanol–water partition coefficient (Wildman–Crippen LogP) is 1.58. The van der Waals surface area contributed by atoms with Crippen molar-refractivity contribution in [1.29, 1.82) is 0 Å². The standard InChI is InChI=1S/C8H9NOS/c9-8(5-11)6-2-1-3-7(10)4-6/h1-5,10-11H,9H2/b8-5-. The minimum atomic E-state index is 0.209. The molecule has 0 saturated carbocycles. The van der Waals surface area contributed by atoms with Gasteiger partial charge in [-0.1, -0.05) is 12.1 Å². The summed E-state index contributed by atoms with van der Waals surface area (Å²) in [6.07, 6.45) is 0. The molecule has 0 spiro atoms. The van der Waals surface area contributed by atoms with Crippen molar-refractivity contribution in [2.75, 3.05) is 0 Å². The van der Waals surface area contributed by atoms with Gasteiger partial charge < -0.3 is 10.8 Å². The van der Waals surface area contributed by atoms with E-state index in [9.17, 15) is 0 Å². The first kappa shape index (κ1) is 8.01. The summed E-state index contributed by atoms with van der Waals surface area (Å²) in [7, 11) is 0. The first-order valence-electron chi connectivity index (χ1n) is 3.13. The smallest absolute Gasteiger partial charge is 0.116 e. The van der Waals surface area contributed by atoms with Crippen LogP contribution in [0.2, 0.25) is 0 Å². The molecule has 0 atom stereocenters. The Morgan fingerprint density at radius 3 is 2.82 bits per heavy atom. The van der Waals surface area contributed by atoms with E-state index in [-0.39, 0.29) is 5.75 Å². The zero-order chi connectivity index (χ0) is 8.27. The highest BCUT2D eigenvalue weighted by molar-refractivity contribution is 7.83. The van der Waals surface area contributed by atoms with Gasteiger partial charge >= 0.3 is 0 Å². The van der Waals surface area contributed by atoms with Crippen LogP contribution in [0.15, 0.2) is 29.7 Å². The molecule has 11 heavy (non-hydrogen) atoms. The molecule has 1 aromatic rings. The van der Waals surface area contributed by atoms with E-state index in [2.05, 4.69) is 12.6 Å². The van der Waals surface area contributed by atoms with Gasteiger partial charge in [-0.2, -0.15) is 0 Å². The van der Waals surface area contributed by atoms with Gasteiger partial charge in [-0.3, -0.25) is 0 Å². The monoisotopic (exact) mass is 167 g/mol. The van der Waals surface area contributed by atoms with Gasteiger partial charge in [0.1, 0.15) is 5.75 Å². The number of phenols is 1. The zero-order valence-electron chi connectivity index (χ0n) is 5.86. The van der Waals surface area contributed by atoms with Crippen LogP contribution in [0.4, 0.5) is 0 Å². The van der Waals surface area contributed by atoms with Crippen LogP contribution in [0.1, 0.15) is 5.56 Å². The molecule has 0 unspecified atom stereocenters. The van der Waals surface area contributed by atoms with Gasteiger partial charge in [-0.05, 0) is 17.5 Å². The maximum atomic E-state index is 9.05. The fourth-order valence-electron chi connectivity index (χ4n) is 0.760. The fourth-order valence-corrected chi connectivity index (χ4v) is 0.909. The van der Waals surface area contributed by atoms with Crippen LogP contribution in [0.25, 0.3) is 5.70 Å². The van der Waals surface area contributed by atoms with Crippen LogP contribution in [0.5, 0.6) is 5.75 Å². The Kier molecular flexibility index (Phi) is 2.44. The molecule has 0 fully saturated rings. The molecule has 1 rings (SSSR count). The highest BCUT2D eigenvalue weighted by atomic mass is 32.1. The first-order valence-corrected chi connectivity index (χ1v) is 3.65. The zero-order valence-corrected chi connectivity index (χ0v) is 6.75. The van der Waals surface area contributed by atoms with Crippen molar-refractivity contribution < 1.29 is 5.11 Å². The fraction of sp³-hybridized carbons (Fsp3) is 0. The van der Waals surface area contributed by atoms with Crippen molar-refractivity contribution in [3.63, 3.8) is 0 Å². The van der Waals surface area contributed by atoms with E-state index in [1.807, 2.05) is 6.07 Å². The summed E-state index contributed by atoms with van der Waals surface area (Å²) in [5.74, 6) is 0.209. The number of benzene rings is 1. The van der Waals surface area contributed by atoms with Crippen LogP contribution in [0.3, 0.4) is 0 Å². The summed E-state index contributed by atoms with van der Waals surface area (Å²) >= 11 is 3.89. The molecule has 2 nitrogen and oxygen atoms in total. The molecule has 3 heteroatoms. The first-order chi connectivity index (χ1) is 5.24. The number of nitrogens with two attached hydrogens (primary N) is 1. The quantitative estimate of drug-likeness (QED) is 0.556. The van der Waals surface area contributed by atoms with Gasteiger partial charge in [0, 0.05) is 11.3 Å². The Bertz CT molecular complexity index is 283. The Morgan fingerprint density at radius 1 is 1.55 bits per heavy atom. The summed E-state index contributed by atoms with van der Waals surface area (Å²) in [5, 5.41) is 10.5. The van der Waals surface area contributed by atoms with Crippen molar-refractivity contribution in [2.45, 2.75) is 0 Å². The van der Waals surface area contributed by atoms with E-state index in [1.54, 1.807) is 18.2 Å². The Labute approximate surface area is 70.8 Å². The summed E-state index contributed by atoms with van der Waals surface area (Å²) < 4.78 is 0. The summed E-state index contributed by atoms with van der Waals surface area (Å²) in [6, 6.07) is 6.72. The van der Waals surface area contributed by atoms with E-state index >= 15 is 0 Å². The minimum Gasteiger partial charge on any atom is -0.508 e. The van der Waals surface area contributed by atoms with Crippen molar-refractivity contribution in [3.05, 3.63) is 35.2 Å². The molecule has 0 heterocycles. The third kappa shape index (κ3) is 1.91. The van der Waals surface area contributed by atoms with Crippen molar-refractivity contribution >= 4 is 18.3 Å². The second kappa shape index (κ2) is 3.34. The van der Waals surface area contributed by atoms with E-state index in [0.717, 1.165) is 5.56 Å². The summed E-state index contributed by atoms with van der Waals surface area (Å²) in [5.41, 5.74) is 6.86. The maximum Gasteiger partial charge on any atom is 0.116 e. The second-order valence-electron chi connectivity index (χ2n) is 2.13. The molecule has 3 N–H and O–H groups in total. The topological polar surface area (TPSA) is 46.2 Å². The van der Waals surface area contributed by atoms with Gasteiger partial charge in [-0.25, -0.2) is 0 Å². The molecule has 58 valence electrons. The van der Waals surface area contributed by atoms with E-state index in [4.69, 9.17) is 10.8 Å². The van der Waals surface area contributed by atoms with Crippen LogP contribution in [-0.4, -0.2) is 5.11 Å². The number of phenolic OH excluding ortho intramolecular Hbond substituents is 1. The lowest BCUT2D eigenvalue weighted by Crippen LogP contribution is -1.93. The Morgan fingerprint density at radius 2 is 2.27 bits per heavy atom. The molecule has 0 amide bonds. The van der Waals surface area contributed by atoms with Crippen molar-refractivity contribution in [2.24, 2.45) is 5.73 Å². The third-order valence-corrected chi connectivity index (χ3v) is 1.60. The SMILES string of the molecule is N/C(=C\S)c1cccc(O)c1. The number of thiol groups is 1. The molecule has 0 saturated heterocycles. The number of rotatable bonds is 1. The van der Waals surface area contributed by atoms with Crippen molar-refractivity contribution in [3.8, 4) is 5.75 Å². The predicted molar refractivity (Wildman–Crippen MR) is 49.3 cm³/mol. The average molecular weight is 167 g/mol. The van der Waals surface area contributed by atoms with Gasteiger partial charge in [0.25, 0.3) is 0 Å². The molecule has 0 aromatic heterocycles. The van der Waals surface area contributed by atoms with E-state index < -0.39 is 0 Å². The Hall–Kier alpha value is -1.09. The normalized spacial score (nSPS) is 11.5. The van der Waals surface area contributed by atoms with Crippen LogP contribution >= 0.6 is 12.6 Å². The lowest BCUT2D eigenvalue weighted by Gasteiger charge is -1.99. The molecule has 0 aliphatic rings. The Balaban J connectivity index is 3.06. The highest BCUT2D eigenvalue weighted by Gasteiger charge is 1.94. The lowest BCUT2D eigenvalue weighted by molar-refractivity contribution is 0.475. The highest BCUT2D eigenvalue weighted by Crippen LogP contribution is 2.15. The lowest BCUT2D eigenvalue weighted by atomic mass is 10.2. The molecule has 0 aliphatic carbocycles. The van der Waals surface area contributed by atoms with Crippen LogP contribution in [-0.2, 0) is 0 Å². The average Bonchev–Trinajstić information content (AvgIpc) is 2.03. The molecule has 0 radical (unpaired) electrons. The van der Waals surface area contributed by atoms with Gasteiger partial charge in [0.2, 0.25) is 0 Å². The molecule has 1 aromatic carbocycles.